The van der Waals surface area contributed by atoms with Crippen molar-refractivity contribution in [1.29, 1.82) is 0 Å². The van der Waals surface area contributed by atoms with Crippen LogP contribution in [0, 0.1) is 0 Å². The van der Waals surface area contributed by atoms with Crippen molar-refractivity contribution in [2.75, 3.05) is 13.2 Å². The first-order chi connectivity index (χ1) is 5.83. The van der Waals surface area contributed by atoms with Gasteiger partial charge in [-0.1, -0.05) is 0 Å². The van der Waals surface area contributed by atoms with Crippen LogP contribution in [0.3, 0.4) is 0 Å². The summed E-state index contributed by atoms with van der Waals surface area (Å²) in [6.07, 6.45) is 3.89. The highest BCUT2D eigenvalue weighted by Crippen LogP contribution is 2.00. The van der Waals surface area contributed by atoms with Gasteiger partial charge < -0.3 is 15.6 Å². The zero-order chi connectivity index (χ0) is 8.81. The van der Waals surface area contributed by atoms with E-state index in [0.717, 1.165) is 0 Å². The van der Waals surface area contributed by atoms with Gasteiger partial charge in [-0.05, 0) is 0 Å². The van der Waals surface area contributed by atoms with E-state index in [9.17, 15) is 0 Å². The van der Waals surface area contributed by atoms with Crippen LogP contribution in [-0.4, -0.2) is 34.3 Å². The molecule has 0 aliphatic heterocycles. The third-order valence-electron chi connectivity index (χ3n) is 1.24. The second kappa shape index (κ2) is 4.63. The van der Waals surface area contributed by atoms with Crippen LogP contribution in [0.25, 0.3) is 0 Å². The molecule has 0 aromatic carbocycles. The van der Waals surface area contributed by atoms with E-state index in [1.54, 1.807) is 6.20 Å². The van der Waals surface area contributed by atoms with Crippen LogP contribution < -0.4 is 10.5 Å². The van der Waals surface area contributed by atoms with Crippen molar-refractivity contribution in [2.24, 2.45) is 5.73 Å². The molecule has 0 aliphatic carbocycles. The first kappa shape index (κ1) is 8.89. The highest BCUT2D eigenvalue weighted by molar-refractivity contribution is 5.01. The standard InChI is InChI=1S/C7H11N3O2/c8-3-6(11)5-12-7-4-9-1-2-10-7/h1-2,4,6,11H,3,5,8H2. The van der Waals surface area contributed by atoms with Gasteiger partial charge in [0.1, 0.15) is 12.7 Å². The lowest BCUT2D eigenvalue weighted by atomic mass is 10.4. The fourth-order valence-electron chi connectivity index (χ4n) is 0.610. The lowest BCUT2D eigenvalue weighted by Gasteiger charge is -2.07. The third-order valence-corrected chi connectivity index (χ3v) is 1.24. The minimum absolute atomic E-state index is 0.148. The zero-order valence-corrected chi connectivity index (χ0v) is 6.55. The number of ether oxygens (including phenoxy) is 1. The molecular formula is C7H11N3O2. The molecule has 1 heterocycles. The number of rotatable bonds is 4. The van der Waals surface area contributed by atoms with E-state index in [1.165, 1.54) is 12.4 Å². The van der Waals surface area contributed by atoms with Gasteiger partial charge in [0.25, 0.3) is 0 Å². The van der Waals surface area contributed by atoms with Gasteiger partial charge in [-0.25, -0.2) is 4.98 Å². The normalized spacial score (nSPS) is 12.5. The minimum Gasteiger partial charge on any atom is -0.474 e. The highest BCUT2D eigenvalue weighted by atomic mass is 16.5. The Balaban J connectivity index is 2.33. The Labute approximate surface area is 70.2 Å². The molecule has 0 bridgehead atoms. The maximum absolute atomic E-state index is 9.02. The molecular weight excluding hydrogens is 158 g/mol. The second-order valence-corrected chi connectivity index (χ2v) is 2.24. The maximum Gasteiger partial charge on any atom is 0.232 e. The SMILES string of the molecule is NCC(O)COc1cnccn1. The van der Waals surface area contributed by atoms with Crippen molar-refractivity contribution in [2.45, 2.75) is 6.10 Å². The molecule has 12 heavy (non-hydrogen) atoms. The number of aliphatic hydroxyl groups is 1. The molecule has 0 saturated carbocycles. The Morgan fingerprint density at radius 3 is 3.00 bits per heavy atom. The summed E-state index contributed by atoms with van der Waals surface area (Å²) >= 11 is 0. The molecule has 1 unspecified atom stereocenters. The predicted molar refractivity (Wildman–Crippen MR) is 42.6 cm³/mol. The molecule has 0 saturated heterocycles. The first-order valence-corrected chi connectivity index (χ1v) is 3.60. The molecule has 0 fully saturated rings. The van der Waals surface area contributed by atoms with E-state index in [-0.39, 0.29) is 13.2 Å². The smallest absolute Gasteiger partial charge is 0.232 e. The van der Waals surface area contributed by atoms with E-state index in [1.807, 2.05) is 0 Å². The van der Waals surface area contributed by atoms with E-state index >= 15 is 0 Å². The third kappa shape index (κ3) is 2.81. The van der Waals surface area contributed by atoms with Gasteiger partial charge >= 0.3 is 0 Å². The van der Waals surface area contributed by atoms with Crippen LogP contribution in [0.15, 0.2) is 18.6 Å². The van der Waals surface area contributed by atoms with Gasteiger partial charge in [-0.15, -0.1) is 0 Å². The number of aliphatic hydroxyl groups excluding tert-OH is 1. The van der Waals surface area contributed by atoms with Crippen molar-refractivity contribution in [1.82, 2.24) is 9.97 Å². The molecule has 66 valence electrons. The number of hydrogen-bond acceptors (Lipinski definition) is 5. The van der Waals surface area contributed by atoms with Gasteiger partial charge in [0.15, 0.2) is 0 Å². The Morgan fingerprint density at radius 2 is 2.42 bits per heavy atom. The zero-order valence-electron chi connectivity index (χ0n) is 6.55. The number of nitrogens with two attached hydrogens (primary N) is 1. The van der Waals surface area contributed by atoms with Crippen LogP contribution in [0.2, 0.25) is 0 Å². The van der Waals surface area contributed by atoms with Crippen molar-refractivity contribution in [3.63, 3.8) is 0 Å². The molecule has 0 radical (unpaired) electrons. The molecule has 5 heteroatoms. The summed E-state index contributed by atoms with van der Waals surface area (Å²) in [6, 6.07) is 0. The summed E-state index contributed by atoms with van der Waals surface area (Å²) in [5, 5.41) is 9.02. The Kier molecular flexibility index (Phi) is 3.43. The molecule has 1 atom stereocenters. The molecule has 1 aromatic rings. The summed E-state index contributed by atoms with van der Waals surface area (Å²) in [5.74, 6) is 0.394. The van der Waals surface area contributed by atoms with Crippen molar-refractivity contribution in [3.05, 3.63) is 18.6 Å². The first-order valence-electron chi connectivity index (χ1n) is 3.60. The van der Waals surface area contributed by atoms with Gasteiger partial charge in [0.2, 0.25) is 5.88 Å². The lowest BCUT2D eigenvalue weighted by Crippen LogP contribution is -2.26. The average Bonchev–Trinajstić information content (AvgIpc) is 2.16. The monoisotopic (exact) mass is 169 g/mol. The Bertz CT molecular complexity index is 217. The molecule has 0 aliphatic rings. The molecule has 1 rings (SSSR count). The van der Waals surface area contributed by atoms with Crippen LogP contribution in [0.5, 0.6) is 5.88 Å². The Hall–Kier alpha value is -1.20. The Morgan fingerprint density at radius 1 is 1.58 bits per heavy atom. The van der Waals surface area contributed by atoms with E-state index in [2.05, 4.69) is 9.97 Å². The molecule has 5 nitrogen and oxygen atoms in total. The van der Waals surface area contributed by atoms with Crippen molar-refractivity contribution >= 4 is 0 Å². The summed E-state index contributed by atoms with van der Waals surface area (Å²) in [7, 11) is 0. The second-order valence-electron chi connectivity index (χ2n) is 2.24. The van der Waals surface area contributed by atoms with Crippen molar-refractivity contribution < 1.29 is 9.84 Å². The van der Waals surface area contributed by atoms with Crippen molar-refractivity contribution in [3.8, 4) is 5.88 Å². The topological polar surface area (TPSA) is 81.3 Å². The van der Waals surface area contributed by atoms with Crippen LogP contribution in [-0.2, 0) is 0 Å². The summed E-state index contributed by atoms with van der Waals surface area (Å²) in [5.41, 5.74) is 5.17. The summed E-state index contributed by atoms with van der Waals surface area (Å²) in [4.78, 5) is 7.64. The summed E-state index contributed by atoms with van der Waals surface area (Å²) in [6.45, 7) is 0.329. The minimum atomic E-state index is -0.646. The maximum atomic E-state index is 9.02. The van der Waals surface area contributed by atoms with Gasteiger partial charge in [0.05, 0.1) is 6.20 Å². The molecule has 3 N–H and O–H groups in total. The number of nitrogens with zero attached hydrogens (tertiary/aromatic N) is 2. The molecule has 0 spiro atoms. The van der Waals surface area contributed by atoms with Gasteiger partial charge in [0, 0.05) is 18.9 Å². The predicted octanol–water partition coefficient (Wildman–Crippen LogP) is -0.825. The average molecular weight is 169 g/mol. The van der Waals surface area contributed by atoms with Gasteiger partial charge in [-0.2, -0.15) is 0 Å². The molecule has 1 aromatic heterocycles. The van der Waals surface area contributed by atoms with Gasteiger partial charge in [-0.3, -0.25) is 4.98 Å². The van der Waals surface area contributed by atoms with Crippen LogP contribution in [0.1, 0.15) is 0 Å². The number of aromatic nitrogens is 2. The van der Waals surface area contributed by atoms with Crippen LogP contribution >= 0.6 is 0 Å². The van der Waals surface area contributed by atoms with Crippen LogP contribution in [0.4, 0.5) is 0 Å². The largest absolute Gasteiger partial charge is 0.474 e. The van der Waals surface area contributed by atoms with E-state index < -0.39 is 6.10 Å². The fourth-order valence-corrected chi connectivity index (χ4v) is 0.610. The van der Waals surface area contributed by atoms with E-state index in [4.69, 9.17) is 15.6 Å². The number of hydrogen-bond donors (Lipinski definition) is 2. The fraction of sp³-hybridized carbons (Fsp3) is 0.429. The highest BCUT2D eigenvalue weighted by Gasteiger charge is 2.01. The lowest BCUT2D eigenvalue weighted by molar-refractivity contribution is 0.111. The van der Waals surface area contributed by atoms with E-state index in [0.29, 0.717) is 5.88 Å². The quantitative estimate of drug-likeness (QED) is 0.615. The summed E-state index contributed by atoms with van der Waals surface area (Å²) < 4.78 is 5.06. The molecule has 0 amide bonds.